The van der Waals surface area contributed by atoms with Crippen molar-refractivity contribution in [1.82, 2.24) is 0 Å². The van der Waals surface area contributed by atoms with E-state index in [1.807, 2.05) is 30.3 Å². The summed E-state index contributed by atoms with van der Waals surface area (Å²) in [7, 11) is 2.83. The summed E-state index contributed by atoms with van der Waals surface area (Å²) in [6.45, 7) is 0.305. The van der Waals surface area contributed by atoms with Crippen LogP contribution >= 0.6 is 0 Å². The van der Waals surface area contributed by atoms with Gasteiger partial charge in [0.2, 0.25) is 0 Å². The molecule has 4 heteroatoms. The van der Waals surface area contributed by atoms with Crippen LogP contribution in [0, 0.1) is 0 Å². The second kappa shape index (κ2) is 6.03. The molecule has 0 N–H and O–H groups in total. The second-order valence-electron chi connectivity index (χ2n) is 2.93. The highest BCUT2D eigenvalue weighted by Crippen LogP contribution is 2.17. The first-order chi connectivity index (χ1) is 7.27. The minimum Gasteiger partial charge on any atom is -0.438 e. The van der Waals surface area contributed by atoms with Gasteiger partial charge in [-0.15, -0.1) is 0 Å². The minimum absolute atomic E-state index is 0.305. The van der Waals surface area contributed by atoms with Crippen LogP contribution in [0.25, 0.3) is 0 Å². The van der Waals surface area contributed by atoms with E-state index in [9.17, 15) is 4.79 Å². The third kappa shape index (κ3) is 3.59. The summed E-state index contributed by atoms with van der Waals surface area (Å²) < 4.78 is 14.4. The Balaban J connectivity index is 2.70. The molecular formula is C11H14O4. The van der Waals surface area contributed by atoms with E-state index in [2.05, 4.69) is 4.74 Å². The van der Waals surface area contributed by atoms with Gasteiger partial charge in [0.05, 0.1) is 13.7 Å². The lowest BCUT2D eigenvalue weighted by molar-refractivity contribution is 0.00160. The standard InChI is InChI=1S/C11H14O4/c1-13-8-10(15-11(12)14-2)9-6-4-3-5-7-9/h3-7,10H,8H2,1-2H3. The van der Waals surface area contributed by atoms with Crippen LogP contribution in [-0.4, -0.2) is 27.0 Å². The van der Waals surface area contributed by atoms with Crippen LogP contribution in [0.3, 0.4) is 0 Å². The third-order valence-corrected chi connectivity index (χ3v) is 1.89. The maximum atomic E-state index is 11.0. The average Bonchev–Trinajstić information content (AvgIpc) is 2.29. The maximum absolute atomic E-state index is 11.0. The lowest BCUT2D eigenvalue weighted by atomic mass is 10.1. The average molecular weight is 210 g/mol. The Morgan fingerprint density at radius 3 is 2.47 bits per heavy atom. The summed E-state index contributed by atoms with van der Waals surface area (Å²) in [5.41, 5.74) is 0.879. The predicted molar refractivity (Wildman–Crippen MR) is 54.5 cm³/mol. The zero-order valence-corrected chi connectivity index (χ0v) is 8.80. The van der Waals surface area contributed by atoms with E-state index in [-0.39, 0.29) is 0 Å². The molecule has 82 valence electrons. The molecule has 0 amide bonds. The number of hydrogen-bond acceptors (Lipinski definition) is 4. The van der Waals surface area contributed by atoms with E-state index >= 15 is 0 Å². The van der Waals surface area contributed by atoms with Gasteiger partial charge in [0.15, 0.2) is 6.10 Å². The van der Waals surface area contributed by atoms with Crippen molar-refractivity contribution in [1.29, 1.82) is 0 Å². The summed E-state index contributed by atoms with van der Waals surface area (Å²) in [6, 6.07) is 9.38. The Morgan fingerprint density at radius 2 is 1.93 bits per heavy atom. The van der Waals surface area contributed by atoms with Gasteiger partial charge in [-0.1, -0.05) is 30.3 Å². The van der Waals surface area contributed by atoms with Crippen LogP contribution in [-0.2, 0) is 14.2 Å². The van der Waals surface area contributed by atoms with Crippen molar-refractivity contribution >= 4 is 6.16 Å². The lowest BCUT2D eigenvalue weighted by Gasteiger charge is -2.16. The molecule has 1 aromatic rings. The van der Waals surface area contributed by atoms with E-state index in [0.717, 1.165) is 5.56 Å². The van der Waals surface area contributed by atoms with Crippen LogP contribution in [0.4, 0.5) is 4.79 Å². The SMILES string of the molecule is COCC(OC(=O)OC)c1ccccc1. The monoisotopic (exact) mass is 210 g/mol. The summed E-state index contributed by atoms with van der Waals surface area (Å²) in [6.07, 6.45) is -1.13. The molecule has 1 aromatic carbocycles. The van der Waals surface area contributed by atoms with Crippen LogP contribution in [0.1, 0.15) is 11.7 Å². The zero-order valence-electron chi connectivity index (χ0n) is 8.80. The number of methoxy groups -OCH3 is 2. The smallest absolute Gasteiger partial charge is 0.438 e. The Morgan fingerprint density at radius 1 is 1.27 bits per heavy atom. The highest BCUT2D eigenvalue weighted by molar-refractivity contribution is 5.60. The Labute approximate surface area is 88.8 Å². The largest absolute Gasteiger partial charge is 0.508 e. The van der Waals surface area contributed by atoms with Gasteiger partial charge in [0.25, 0.3) is 0 Å². The van der Waals surface area contributed by atoms with Crippen molar-refractivity contribution in [3.63, 3.8) is 0 Å². The van der Waals surface area contributed by atoms with Gasteiger partial charge in [-0.25, -0.2) is 4.79 Å². The summed E-state index contributed by atoms with van der Waals surface area (Å²) in [4.78, 5) is 11.0. The molecule has 0 spiro atoms. The fraction of sp³-hybridized carbons (Fsp3) is 0.364. The molecule has 1 rings (SSSR count). The molecule has 0 fully saturated rings. The molecule has 0 bridgehead atoms. The van der Waals surface area contributed by atoms with Crippen molar-refractivity contribution in [3.8, 4) is 0 Å². The van der Waals surface area contributed by atoms with Crippen LogP contribution in [0.2, 0.25) is 0 Å². The predicted octanol–water partition coefficient (Wildman–Crippen LogP) is 2.16. The zero-order chi connectivity index (χ0) is 11.1. The van der Waals surface area contributed by atoms with Crippen LogP contribution < -0.4 is 0 Å². The molecule has 0 saturated heterocycles. The quantitative estimate of drug-likeness (QED) is 0.714. The van der Waals surface area contributed by atoms with E-state index in [1.165, 1.54) is 7.11 Å². The van der Waals surface area contributed by atoms with E-state index in [4.69, 9.17) is 9.47 Å². The molecule has 0 heterocycles. The number of benzene rings is 1. The molecule has 15 heavy (non-hydrogen) atoms. The summed E-state index contributed by atoms with van der Waals surface area (Å²) >= 11 is 0. The Hall–Kier alpha value is -1.55. The van der Waals surface area contributed by atoms with Crippen molar-refractivity contribution in [3.05, 3.63) is 35.9 Å². The Bertz CT molecular complexity index is 297. The fourth-order valence-corrected chi connectivity index (χ4v) is 1.18. The van der Waals surface area contributed by atoms with Gasteiger partial charge < -0.3 is 14.2 Å². The Kier molecular flexibility index (Phi) is 4.63. The van der Waals surface area contributed by atoms with Gasteiger partial charge in [-0.3, -0.25) is 0 Å². The first kappa shape index (κ1) is 11.5. The fourth-order valence-electron chi connectivity index (χ4n) is 1.18. The molecule has 0 radical (unpaired) electrons. The molecule has 0 aliphatic rings. The van der Waals surface area contributed by atoms with Crippen molar-refractivity contribution < 1.29 is 19.0 Å². The normalized spacial score (nSPS) is 11.9. The number of hydrogen-bond donors (Lipinski definition) is 0. The number of rotatable bonds is 4. The number of carbonyl (C=O) groups is 1. The minimum atomic E-state index is -0.707. The van der Waals surface area contributed by atoms with Gasteiger partial charge >= 0.3 is 6.16 Å². The first-order valence-corrected chi connectivity index (χ1v) is 4.56. The number of carbonyl (C=O) groups excluding carboxylic acids is 1. The summed E-state index contributed by atoms with van der Waals surface area (Å²) in [5, 5.41) is 0. The highest BCUT2D eigenvalue weighted by atomic mass is 16.7. The van der Waals surface area contributed by atoms with Crippen molar-refractivity contribution in [2.45, 2.75) is 6.10 Å². The van der Waals surface area contributed by atoms with Gasteiger partial charge in [-0.05, 0) is 5.56 Å². The topological polar surface area (TPSA) is 44.8 Å². The van der Waals surface area contributed by atoms with Gasteiger partial charge in [-0.2, -0.15) is 0 Å². The maximum Gasteiger partial charge on any atom is 0.508 e. The first-order valence-electron chi connectivity index (χ1n) is 4.56. The molecule has 1 atom stereocenters. The number of ether oxygens (including phenoxy) is 3. The van der Waals surface area contributed by atoms with Gasteiger partial charge in [0, 0.05) is 7.11 Å². The van der Waals surface area contributed by atoms with Crippen molar-refractivity contribution in [2.24, 2.45) is 0 Å². The van der Waals surface area contributed by atoms with Gasteiger partial charge in [0.1, 0.15) is 0 Å². The lowest BCUT2D eigenvalue weighted by Crippen LogP contribution is -2.15. The molecule has 1 unspecified atom stereocenters. The van der Waals surface area contributed by atoms with E-state index < -0.39 is 12.3 Å². The molecule has 0 saturated carbocycles. The summed E-state index contributed by atoms with van der Waals surface area (Å²) in [5.74, 6) is 0. The molecule has 0 aromatic heterocycles. The van der Waals surface area contributed by atoms with Crippen LogP contribution in [0.5, 0.6) is 0 Å². The molecule has 0 aliphatic heterocycles. The third-order valence-electron chi connectivity index (χ3n) is 1.89. The molecule has 4 nitrogen and oxygen atoms in total. The van der Waals surface area contributed by atoms with E-state index in [0.29, 0.717) is 6.61 Å². The second-order valence-corrected chi connectivity index (χ2v) is 2.93. The van der Waals surface area contributed by atoms with Crippen LogP contribution in [0.15, 0.2) is 30.3 Å². The molecular weight excluding hydrogens is 196 g/mol. The van der Waals surface area contributed by atoms with E-state index in [1.54, 1.807) is 7.11 Å². The highest BCUT2D eigenvalue weighted by Gasteiger charge is 2.16. The molecule has 0 aliphatic carbocycles. The van der Waals surface area contributed by atoms with Crippen molar-refractivity contribution in [2.75, 3.05) is 20.8 Å².